The van der Waals surface area contributed by atoms with Crippen LogP contribution in [-0.4, -0.2) is 26.1 Å². The van der Waals surface area contributed by atoms with E-state index in [1.165, 1.54) is 70.6 Å². The zero-order chi connectivity index (χ0) is 18.5. The van der Waals surface area contributed by atoms with Crippen LogP contribution >= 0.6 is 0 Å². The first-order valence-electron chi connectivity index (χ1n) is 10.5. The van der Waals surface area contributed by atoms with E-state index in [0.29, 0.717) is 5.04 Å². The number of aliphatic hydroxyl groups is 1. The van der Waals surface area contributed by atoms with Crippen LogP contribution in [0.5, 0.6) is 0 Å². The van der Waals surface area contributed by atoms with E-state index in [4.69, 9.17) is 4.43 Å². The van der Waals surface area contributed by atoms with Crippen LogP contribution in [0.4, 0.5) is 0 Å². The highest BCUT2D eigenvalue weighted by molar-refractivity contribution is 6.74. The average molecular weight is 359 g/mol. The molecule has 0 radical (unpaired) electrons. The summed E-state index contributed by atoms with van der Waals surface area (Å²) in [4.78, 5) is 0. The van der Waals surface area contributed by atoms with Crippen molar-refractivity contribution in [1.29, 1.82) is 0 Å². The summed E-state index contributed by atoms with van der Waals surface area (Å²) in [6, 6.07) is 0. The standard InChI is InChI=1S/C21H46O2Si/c1-20(22)18-16-14-12-10-8-7-9-11-13-15-17-19-23-24(5,6)21(2,3)4/h20,22H,7-19H2,1-6H3. The Balaban J connectivity index is 3.26. The molecule has 1 atom stereocenters. The molecule has 0 aromatic rings. The molecule has 0 aliphatic rings. The van der Waals surface area contributed by atoms with Crippen molar-refractivity contribution < 1.29 is 9.53 Å². The molecule has 0 rings (SSSR count). The van der Waals surface area contributed by atoms with Crippen LogP contribution in [0.2, 0.25) is 18.1 Å². The van der Waals surface area contributed by atoms with Gasteiger partial charge >= 0.3 is 0 Å². The Morgan fingerprint density at radius 2 is 1.12 bits per heavy atom. The summed E-state index contributed by atoms with van der Waals surface area (Å²) < 4.78 is 6.22. The van der Waals surface area contributed by atoms with Crippen LogP contribution < -0.4 is 0 Å². The van der Waals surface area contributed by atoms with E-state index < -0.39 is 8.32 Å². The lowest BCUT2D eigenvalue weighted by Gasteiger charge is -2.36. The van der Waals surface area contributed by atoms with Crippen molar-refractivity contribution in [3.63, 3.8) is 0 Å². The number of hydrogen-bond donors (Lipinski definition) is 1. The Bertz CT molecular complexity index is 282. The molecule has 3 heteroatoms. The molecule has 0 bridgehead atoms. The summed E-state index contributed by atoms with van der Waals surface area (Å²) >= 11 is 0. The molecule has 0 aliphatic heterocycles. The summed E-state index contributed by atoms with van der Waals surface area (Å²) in [5, 5.41) is 9.54. The molecule has 2 nitrogen and oxygen atoms in total. The minimum atomic E-state index is -1.53. The Morgan fingerprint density at radius 3 is 1.50 bits per heavy atom. The Labute approximate surface area is 153 Å². The molecule has 0 aromatic carbocycles. The molecule has 1 N–H and O–H groups in total. The highest BCUT2D eigenvalue weighted by atomic mass is 28.4. The summed E-state index contributed by atoms with van der Waals surface area (Å²) in [6.45, 7) is 14.5. The molecule has 0 aliphatic carbocycles. The zero-order valence-electron chi connectivity index (χ0n) is 17.6. The summed E-state index contributed by atoms with van der Waals surface area (Å²) in [7, 11) is -1.53. The maximum atomic E-state index is 9.20. The molecule has 0 amide bonds. The maximum absolute atomic E-state index is 9.20. The van der Waals surface area contributed by atoms with E-state index in [-0.39, 0.29) is 6.10 Å². The fourth-order valence-electron chi connectivity index (χ4n) is 2.68. The summed E-state index contributed by atoms with van der Waals surface area (Å²) in [5.41, 5.74) is 0. The fourth-order valence-corrected chi connectivity index (χ4v) is 3.76. The topological polar surface area (TPSA) is 29.5 Å². The van der Waals surface area contributed by atoms with Crippen molar-refractivity contribution >= 4 is 8.32 Å². The van der Waals surface area contributed by atoms with E-state index in [0.717, 1.165) is 13.0 Å². The summed E-state index contributed by atoms with van der Waals surface area (Å²) in [5.74, 6) is 0. The molecule has 0 saturated carbocycles. The van der Waals surface area contributed by atoms with Gasteiger partial charge in [0.1, 0.15) is 0 Å². The van der Waals surface area contributed by atoms with Crippen LogP contribution in [0.15, 0.2) is 0 Å². The molecule has 24 heavy (non-hydrogen) atoms. The van der Waals surface area contributed by atoms with Crippen molar-refractivity contribution in [3.05, 3.63) is 0 Å². The van der Waals surface area contributed by atoms with Crippen LogP contribution in [0.1, 0.15) is 105 Å². The van der Waals surface area contributed by atoms with Crippen molar-refractivity contribution in [3.8, 4) is 0 Å². The van der Waals surface area contributed by atoms with Gasteiger partial charge in [-0.2, -0.15) is 0 Å². The molecule has 0 spiro atoms. The van der Waals surface area contributed by atoms with Gasteiger partial charge in [-0.05, 0) is 37.9 Å². The second-order valence-electron chi connectivity index (χ2n) is 9.14. The van der Waals surface area contributed by atoms with Gasteiger partial charge < -0.3 is 9.53 Å². The largest absolute Gasteiger partial charge is 0.417 e. The average Bonchev–Trinajstić information content (AvgIpc) is 2.46. The van der Waals surface area contributed by atoms with Crippen LogP contribution in [0.3, 0.4) is 0 Å². The van der Waals surface area contributed by atoms with E-state index in [1.54, 1.807) is 0 Å². The van der Waals surface area contributed by atoms with Crippen molar-refractivity contribution in [2.24, 2.45) is 0 Å². The number of rotatable bonds is 15. The highest BCUT2D eigenvalue weighted by Crippen LogP contribution is 2.36. The predicted octanol–water partition coefficient (Wildman–Crippen LogP) is 7.07. The van der Waals surface area contributed by atoms with Gasteiger partial charge in [0.05, 0.1) is 6.10 Å². The lowest BCUT2D eigenvalue weighted by molar-refractivity contribution is 0.180. The van der Waals surface area contributed by atoms with Crippen molar-refractivity contribution in [1.82, 2.24) is 0 Å². The van der Waals surface area contributed by atoms with Gasteiger partial charge in [-0.3, -0.25) is 0 Å². The number of hydrogen-bond acceptors (Lipinski definition) is 2. The van der Waals surface area contributed by atoms with Crippen LogP contribution in [-0.2, 0) is 4.43 Å². The van der Waals surface area contributed by atoms with Gasteiger partial charge in [0.15, 0.2) is 8.32 Å². The third kappa shape index (κ3) is 13.4. The van der Waals surface area contributed by atoms with Crippen molar-refractivity contribution in [2.75, 3.05) is 6.61 Å². The SMILES string of the molecule is CC(O)CCCCCCCCCCCCCO[Si](C)(C)C(C)(C)C. The first-order chi connectivity index (χ1) is 11.2. The molecule has 1 unspecified atom stereocenters. The Kier molecular flexibility index (Phi) is 13.4. The predicted molar refractivity (Wildman–Crippen MR) is 110 cm³/mol. The van der Waals surface area contributed by atoms with Gasteiger partial charge in [-0.25, -0.2) is 0 Å². The van der Waals surface area contributed by atoms with E-state index in [2.05, 4.69) is 33.9 Å². The van der Waals surface area contributed by atoms with Crippen LogP contribution in [0.25, 0.3) is 0 Å². The molecular weight excluding hydrogens is 312 g/mol. The highest BCUT2D eigenvalue weighted by Gasteiger charge is 2.36. The zero-order valence-corrected chi connectivity index (χ0v) is 18.6. The maximum Gasteiger partial charge on any atom is 0.191 e. The second-order valence-corrected chi connectivity index (χ2v) is 13.9. The third-order valence-electron chi connectivity index (χ3n) is 5.54. The molecule has 0 heterocycles. The Hall–Kier alpha value is 0.137. The van der Waals surface area contributed by atoms with Crippen LogP contribution in [0, 0.1) is 0 Å². The molecule has 0 fully saturated rings. The smallest absolute Gasteiger partial charge is 0.191 e. The molecule has 0 saturated heterocycles. The monoisotopic (exact) mass is 358 g/mol. The first kappa shape index (κ1) is 24.1. The molecular formula is C21H46O2Si. The van der Waals surface area contributed by atoms with E-state index in [1.807, 2.05) is 6.92 Å². The quantitative estimate of drug-likeness (QED) is 0.250. The minimum absolute atomic E-state index is 0.114. The second kappa shape index (κ2) is 13.4. The molecule has 146 valence electrons. The van der Waals surface area contributed by atoms with Gasteiger partial charge in [0.2, 0.25) is 0 Å². The third-order valence-corrected chi connectivity index (χ3v) is 10.1. The minimum Gasteiger partial charge on any atom is -0.417 e. The first-order valence-corrected chi connectivity index (χ1v) is 13.4. The van der Waals surface area contributed by atoms with Gasteiger partial charge in [-0.15, -0.1) is 0 Å². The number of aliphatic hydroxyl groups excluding tert-OH is 1. The van der Waals surface area contributed by atoms with Crippen molar-refractivity contribution in [2.45, 2.75) is 129 Å². The normalized spacial score (nSPS) is 14.1. The fraction of sp³-hybridized carbons (Fsp3) is 1.00. The molecule has 0 aromatic heterocycles. The van der Waals surface area contributed by atoms with Gasteiger partial charge in [0, 0.05) is 6.61 Å². The van der Waals surface area contributed by atoms with Gasteiger partial charge in [0.25, 0.3) is 0 Å². The van der Waals surface area contributed by atoms with E-state index in [9.17, 15) is 5.11 Å². The van der Waals surface area contributed by atoms with Gasteiger partial charge in [-0.1, -0.05) is 85.0 Å². The lowest BCUT2D eigenvalue weighted by atomic mass is 10.0. The summed E-state index contributed by atoms with van der Waals surface area (Å²) in [6.07, 6.45) is 15.6. The lowest BCUT2D eigenvalue weighted by Crippen LogP contribution is -2.40. The van der Waals surface area contributed by atoms with E-state index >= 15 is 0 Å². The number of unbranched alkanes of at least 4 members (excludes halogenated alkanes) is 10. The Morgan fingerprint density at radius 1 is 0.750 bits per heavy atom.